The van der Waals surface area contributed by atoms with Gasteiger partial charge in [0.1, 0.15) is 0 Å². The molecule has 0 bridgehead atoms. The molecule has 1 rings (SSSR count). The lowest BCUT2D eigenvalue weighted by Gasteiger charge is -2.37. The highest BCUT2D eigenvalue weighted by atomic mass is 16.5. The normalized spacial score (nSPS) is 24.3. The molecule has 0 amide bonds. The van der Waals surface area contributed by atoms with E-state index in [9.17, 15) is 0 Å². The van der Waals surface area contributed by atoms with E-state index in [4.69, 9.17) is 14.2 Å². The van der Waals surface area contributed by atoms with Gasteiger partial charge < -0.3 is 19.5 Å². The van der Waals surface area contributed by atoms with Gasteiger partial charge in [0.15, 0.2) is 0 Å². The highest BCUT2D eigenvalue weighted by Gasteiger charge is 2.32. The molecule has 1 N–H and O–H groups in total. The maximum absolute atomic E-state index is 5.67. The van der Waals surface area contributed by atoms with Gasteiger partial charge in [0.2, 0.25) is 0 Å². The summed E-state index contributed by atoms with van der Waals surface area (Å²) in [5, 5.41) is 3.48. The van der Waals surface area contributed by atoms with Gasteiger partial charge in [-0.05, 0) is 25.7 Å². The minimum Gasteiger partial charge on any atom is -0.383 e. The van der Waals surface area contributed by atoms with Crippen molar-refractivity contribution in [3.63, 3.8) is 0 Å². The Balaban J connectivity index is 2.27. The van der Waals surface area contributed by atoms with Crippen LogP contribution < -0.4 is 5.32 Å². The highest BCUT2D eigenvalue weighted by Crippen LogP contribution is 2.31. The lowest BCUT2D eigenvalue weighted by molar-refractivity contribution is -0.0275. The molecule has 1 saturated heterocycles. The first-order valence-corrected chi connectivity index (χ1v) is 7.18. The Labute approximate surface area is 111 Å². The van der Waals surface area contributed by atoms with Crippen LogP contribution in [0.2, 0.25) is 0 Å². The zero-order valence-electron chi connectivity index (χ0n) is 12.0. The van der Waals surface area contributed by atoms with Crippen molar-refractivity contribution >= 4 is 0 Å². The fraction of sp³-hybridized carbons (Fsp3) is 1.00. The summed E-state index contributed by atoms with van der Waals surface area (Å²) in [7, 11) is 1.74. The van der Waals surface area contributed by atoms with Gasteiger partial charge in [-0.25, -0.2) is 0 Å². The molecule has 1 atom stereocenters. The second kappa shape index (κ2) is 9.73. The third-order valence-electron chi connectivity index (χ3n) is 3.51. The summed E-state index contributed by atoms with van der Waals surface area (Å²) < 4.78 is 16.4. The Morgan fingerprint density at radius 3 is 2.83 bits per heavy atom. The highest BCUT2D eigenvalue weighted by molar-refractivity contribution is 4.84. The molecule has 0 aromatic carbocycles. The quantitative estimate of drug-likeness (QED) is 0.608. The second-order valence-corrected chi connectivity index (χ2v) is 5.19. The van der Waals surface area contributed by atoms with Crippen LogP contribution in [0.3, 0.4) is 0 Å². The van der Waals surface area contributed by atoms with E-state index in [-0.39, 0.29) is 5.41 Å². The monoisotopic (exact) mass is 259 g/mol. The average Bonchev–Trinajstić information content (AvgIpc) is 2.41. The van der Waals surface area contributed by atoms with E-state index < -0.39 is 0 Å². The van der Waals surface area contributed by atoms with Crippen molar-refractivity contribution in [3.8, 4) is 0 Å². The molecule has 18 heavy (non-hydrogen) atoms. The van der Waals surface area contributed by atoms with Gasteiger partial charge in [0.05, 0.1) is 13.2 Å². The first kappa shape index (κ1) is 15.9. The van der Waals surface area contributed by atoms with Crippen LogP contribution in [0.4, 0.5) is 0 Å². The van der Waals surface area contributed by atoms with E-state index in [1.54, 1.807) is 7.11 Å². The summed E-state index contributed by atoms with van der Waals surface area (Å²) >= 11 is 0. The van der Waals surface area contributed by atoms with Gasteiger partial charge in [-0.15, -0.1) is 0 Å². The summed E-state index contributed by atoms with van der Waals surface area (Å²) in [6.07, 6.45) is 4.59. The fourth-order valence-electron chi connectivity index (χ4n) is 2.40. The molecule has 1 aliphatic heterocycles. The number of methoxy groups -OCH3 is 1. The van der Waals surface area contributed by atoms with Crippen LogP contribution in [0.5, 0.6) is 0 Å². The van der Waals surface area contributed by atoms with Crippen molar-refractivity contribution in [1.29, 1.82) is 0 Å². The molecule has 1 heterocycles. The Kier molecular flexibility index (Phi) is 8.59. The number of hydrogen-bond acceptors (Lipinski definition) is 4. The summed E-state index contributed by atoms with van der Waals surface area (Å²) in [5.74, 6) is 0. The molecule has 4 heteroatoms. The Morgan fingerprint density at radius 2 is 2.17 bits per heavy atom. The van der Waals surface area contributed by atoms with Crippen molar-refractivity contribution in [2.75, 3.05) is 53.2 Å². The predicted molar refractivity (Wildman–Crippen MR) is 73.0 cm³/mol. The molecule has 1 aliphatic rings. The number of hydrogen-bond donors (Lipinski definition) is 1. The van der Waals surface area contributed by atoms with Crippen molar-refractivity contribution in [2.45, 2.75) is 32.6 Å². The SMILES string of the molecule is CCCOCCC1(CNCCOC)CCCOC1. The standard InChI is InChI=1S/C14H29NO3/c1-3-8-17-10-6-14(5-4-9-18-13-14)12-15-7-11-16-2/h15H,3-13H2,1-2H3. The fourth-order valence-corrected chi connectivity index (χ4v) is 2.40. The van der Waals surface area contributed by atoms with Crippen molar-refractivity contribution in [3.05, 3.63) is 0 Å². The summed E-state index contributed by atoms with van der Waals surface area (Å²) in [4.78, 5) is 0. The smallest absolute Gasteiger partial charge is 0.0587 e. The zero-order chi connectivity index (χ0) is 13.1. The molecule has 0 radical (unpaired) electrons. The topological polar surface area (TPSA) is 39.7 Å². The summed E-state index contributed by atoms with van der Waals surface area (Å²) in [5.41, 5.74) is 0.264. The molecule has 4 nitrogen and oxygen atoms in total. The molecule has 0 saturated carbocycles. The molecular formula is C14H29NO3. The molecule has 0 aromatic rings. The maximum atomic E-state index is 5.67. The lowest BCUT2D eigenvalue weighted by Crippen LogP contribution is -2.42. The van der Waals surface area contributed by atoms with Gasteiger partial charge in [0, 0.05) is 45.4 Å². The molecule has 1 unspecified atom stereocenters. The lowest BCUT2D eigenvalue weighted by atomic mass is 9.79. The molecule has 0 aliphatic carbocycles. The second-order valence-electron chi connectivity index (χ2n) is 5.19. The summed E-state index contributed by atoms with van der Waals surface area (Å²) in [6.45, 7) is 8.32. The van der Waals surface area contributed by atoms with Crippen molar-refractivity contribution in [2.24, 2.45) is 5.41 Å². The van der Waals surface area contributed by atoms with Crippen molar-refractivity contribution in [1.82, 2.24) is 5.32 Å². The van der Waals surface area contributed by atoms with E-state index in [0.717, 1.165) is 59.0 Å². The van der Waals surface area contributed by atoms with Crippen LogP contribution in [0, 0.1) is 5.41 Å². The number of rotatable bonds is 10. The van der Waals surface area contributed by atoms with Crippen LogP contribution in [-0.4, -0.2) is 53.2 Å². The first-order chi connectivity index (χ1) is 8.83. The van der Waals surface area contributed by atoms with E-state index in [0.29, 0.717) is 0 Å². The van der Waals surface area contributed by atoms with Crippen LogP contribution in [0.1, 0.15) is 32.6 Å². The molecular weight excluding hydrogens is 230 g/mol. The maximum Gasteiger partial charge on any atom is 0.0587 e. The predicted octanol–water partition coefficient (Wildman–Crippen LogP) is 1.84. The van der Waals surface area contributed by atoms with Crippen LogP contribution in [0.15, 0.2) is 0 Å². The minimum atomic E-state index is 0.264. The zero-order valence-corrected chi connectivity index (χ0v) is 12.0. The van der Waals surface area contributed by atoms with E-state index in [1.165, 1.54) is 12.8 Å². The van der Waals surface area contributed by atoms with Crippen LogP contribution in [0.25, 0.3) is 0 Å². The largest absolute Gasteiger partial charge is 0.383 e. The number of ether oxygens (including phenoxy) is 3. The Morgan fingerprint density at radius 1 is 1.28 bits per heavy atom. The van der Waals surface area contributed by atoms with E-state index >= 15 is 0 Å². The third kappa shape index (κ3) is 6.14. The van der Waals surface area contributed by atoms with Gasteiger partial charge >= 0.3 is 0 Å². The number of nitrogens with one attached hydrogen (secondary N) is 1. The Bertz CT molecular complexity index is 179. The van der Waals surface area contributed by atoms with E-state index in [2.05, 4.69) is 12.2 Å². The average molecular weight is 259 g/mol. The molecule has 0 aromatic heterocycles. The Hall–Kier alpha value is -0.160. The van der Waals surface area contributed by atoms with Gasteiger partial charge in [-0.2, -0.15) is 0 Å². The summed E-state index contributed by atoms with van der Waals surface area (Å²) in [6, 6.07) is 0. The van der Waals surface area contributed by atoms with Gasteiger partial charge in [-0.3, -0.25) is 0 Å². The van der Waals surface area contributed by atoms with E-state index in [1.807, 2.05) is 0 Å². The van der Waals surface area contributed by atoms with Gasteiger partial charge in [-0.1, -0.05) is 6.92 Å². The van der Waals surface area contributed by atoms with Crippen molar-refractivity contribution < 1.29 is 14.2 Å². The first-order valence-electron chi connectivity index (χ1n) is 7.18. The minimum absolute atomic E-state index is 0.264. The van der Waals surface area contributed by atoms with Crippen LogP contribution in [-0.2, 0) is 14.2 Å². The molecule has 108 valence electrons. The third-order valence-corrected chi connectivity index (χ3v) is 3.51. The molecule has 0 spiro atoms. The van der Waals surface area contributed by atoms with Gasteiger partial charge in [0.25, 0.3) is 0 Å². The van der Waals surface area contributed by atoms with Crippen LogP contribution >= 0.6 is 0 Å². The molecule has 1 fully saturated rings.